The number of hydrogen-bond acceptors (Lipinski definition) is 6. The summed E-state index contributed by atoms with van der Waals surface area (Å²) in [6.07, 6.45) is 4.18. The first kappa shape index (κ1) is 27.6. The van der Waals surface area contributed by atoms with E-state index < -0.39 is 5.60 Å². The molecule has 41 heavy (non-hydrogen) atoms. The molecule has 4 aromatic rings. The second-order valence-corrected chi connectivity index (χ2v) is 10.2. The summed E-state index contributed by atoms with van der Waals surface area (Å²) in [4.78, 5) is 0. The summed E-state index contributed by atoms with van der Waals surface area (Å²) in [7, 11) is 0. The van der Waals surface area contributed by atoms with Gasteiger partial charge in [0.15, 0.2) is 5.60 Å². The molecule has 0 aliphatic carbocycles. The minimum Gasteiger partial charge on any atom is -0.473 e. The van der Waals surface area contributed by atoms with Crippen LogP contribution in [0.3, 0.4) is 0 Å². The van der Waals surface area contributed by atoms with Crippen molar-refractivity contribution in [2.75, 3.05) is 52.9 Å². The van der Waals surface area contributed by atoms with E-state index in [1.807, 2.05) is 12.1 Å². The van der Waals surface area contributed by atoms with E-state index in [0.29, 0.717) is 59.5 Å². The van der Waals surface area contributed by atoms with E-state index in [-0.39, 0.29) is 6.10 Å². The molecule has 0 aromatic heterocycles. The van der Waals surface area contributed by atoms with Gasteiger partial charge < -0.3 is 28.4 Å². The van der Waals surface area contributed by atoms with Crippen molar-refractivity contribution in [2.45, 2.75) is 18.3 Å². The van der Waals surface area contributed by atoms with Gasteiger partial charge in [0.1, 0.15) is 11.9 Å². The van der Waals surface area contributed by atoms with E-state index in [2.05, 4.69) is 91.0 Å². The Labute approximate surface area is 241 Å². The Morgan fingerprint density at radius 3 is 2.07 bits per heavy atom. The lowest BCUT2D eigenvalue weighted by Crippen LogP contribution is -2.34. The third-order valence-electron chi connectivity index (χ3n) is 7.46. The van der Waals surface area contributed by atoms with E-state index in [4.69, 9.17) is 28.4 Å². The normalized spacial score (nSPS) is 19.5. The molecule has 2 aliphatic heterocycles. The molecule has 0 spiro atoms. The second kappa shape index (κ2) is 13.4. The quantitative estimate of drug-likeness (QED) is 0.286. The number of rotatable bonds is 6. The number of benzene rings is 4. The molecule has 0 amide bonds. The van der Waals surface area contributed by atoms with E-state index in [1.54, 1.807) is 0 Å². The molecule has 6 heteroatoms. The van der Waals surface area contributed by atoms with Gasteiger partial charge in [-0.25, -0.2) is 0 Å². The lowest BCUT2D eigenvalue weighted by Gasteiger charge is -2.37. The van der Waals surface area contributed by atoms with E-state index in [1.165, 1.54) is 0 Å². The maximum absolute atomic E-state index is 7.11. The molecule has 6 rings (SSSR count). The van der Waals surface area contributed by atoms with E-state index in [9.17, 15) is 0 Å². The fraction of sp³-hybridized carbons (Fsp3) is 0.314. The largest absolute Gasteiger partial charge is 0.473 e. The maximum atomic E-state index is 7.11. The van der Waals surface area contributed by atoms with Crippen molar-refractivity contribution in [3.8, 4) is 5.75 Å². The number of ether oxygens (including phenoxy) is 6. The van der Waals surface area contributed by atoms with Crippen LogP contribution in [0.25, 0.3) is 16.8 Å². The highest BCUT2D eigenvalue weighted by Gasteiger charge is 2.38. The van der Waals surface area contributed by atoms with Gasteiger partial charge in [-0.2, -0.15) is 0 Å². The summed E-state index contributed by atoms with van der Waals surface area (Å²) in [5.41, 5.74) is 3.42. The minimum absolute atomic E-state index is 0.206. The van der Waals surface area contributed by atoms with Crippen molar-refractivity contribution in [3.63, 3.8) is 0 Å². The standard InChI is InChI=1S/C35H36O6/c1-3-10-29(11-4-1)35(30-12-5-2-6-13-30)16-15-33-32-14-8-7-9-27(32)23-28(34(33)41-35)24-39-26-31-25-38-20-19-36-17-18-37-21-22-40-31/h1-16,23,31H,17-22,24-26H2. The number of hydrogen-bond donors (Lipinski definition) is 0. The van der Waals surface area contributed by atoms with Crippen LogP contribution in [0.1, 0.15) is 22.3 Å². The van der Waals surface area contributed by atoms with Crippen LogP contribution in [0.2, 0.25) is 0 Å². The predicted octanol–water partition coefficient (Wildman–Crippen LogP) is 6.15. The van der Waals surface area contributed by atoms with Crippen molar-refractivity contribution >= 4 is 16.8 Å². The molecule has 2 heterocycles. The smallest absolute Gasteiger partial charge is 0.178 e. The molecule has 212 valence electrons. The zero-order valence-electron chi connectivity index (χ0n) is 23.2. The first-order valence-electron chi connectivity index (χ1n) is 14.3. The summed E-state index contributed by atoms with van der Waals surface area (Å²) in [5.74, 6) is 0.834. The van der Waals surface area contributed by atoms with Crippen LogP contribution in [0.5, 0.6) is 5.75 Å². The average Bonchev–Trinajstić information content (AvgIpc) is 3.03. The van der Waals surface area contributed by atoms with Crippen molar-refractivity contribution in [1.82, 2.24) is 0 Å². The van der Waals surface area contributed by atoms with Crippen molar-refractivity contribution in [1.29, 1.82) is 0 Å². The third-order valence-corrected chi connectivity index (χ3v) is 7.46. The van der Waals surface area contributed by atoms with Crippen LogP contribution >= 0.6 is 0 Å². The average molecular weight is 553 g/mol. The Morgan fingerprint density at radius 1 is 0.707 bits per heavy atom. The van der Waals surface area contributed by atoms with Crippen LogP contribution in [0.15, 0.2) is 97.1 Å². The molecular weight excluding hydrogens is 516 g/mol. The fourth-order valence-electron chi connectivity index (χ4n) is 5.43. The molecule has 1 fully saturated rings. The Balaban J connectivity index is 1.29. The Hall–Kier alpha value is -3.52. The van der Waals surface area contributed by atoms with Gasteiger partial charge in [0.05, 0.1) is 59.5 Å². The van der Waals surface area contributed by atoms with Crippen LogP contribution < -0.4 is 4.74 Å². The highest BCUT2D eigenvalue weighted by atomic mass is 16.6. The summed E-state index contributed by atoms with van der Waals surface area (Å²) in [6, 6.07) is 31.3. The molecule has 0 radical (unpaired) electrons. The fourth-order valence-corrected chi connectivity index (χ4v) is 5.43. The van der Waals surface area contributed by atoms with Gasteiger partial charge in [0, 0.05) is 22.3 Å². The molecule has 0 saturated carbocycles. The van der Waals surface area contributed by atoms with Gasteiger partial charge in [-0.05, 0) is 29.0 Å². The summed E-state index contributed by atoms with van der Waals surface area (Å²) < 4.78 is 36.3. The molecule has 1 unspecified atom stereocenters. The van der Waals surface area contributed by atoms with Gasteiger partial charge in [-0.3, -0.25) is 0 Å². The van der Waals surface area contributed by atoms with Crippen molar-refractivity contribution < 1.29 is 28.4 Å². The molecule has 6 nitrogen and oxygen atoms in total. The van der Waals surface area contributed by atoms with Crippen LogP contribution in [0, 0.1) is 0 Å². The molecule has 1 saturated heterocycles. The second-order valence-electron chi connectivity index (χ2n) is 10.2. The predicted molar refractivity (Wildman–Crippen MR) is 159 cm³/mol. The van der Waals surface area contributed by atoms with Crippen LogP contribution in [0.4, 0.5) is 0 Å². The maximum Gasteiger partial charge on any atom is 0.178 e. The lowest BCUT2D eigenvalue weighted by molar-refractivity contribution is -0.0923. The van der Waals surface area contributed by atoms with Crippen LogP contribution in [-0.2, 0) is 35.9 Å². The summed E-state index contributed by atoms with van der Waals surface area (Å²) in [6.45, 7) is 4.37. The van der Waals surface area contributed by atoms with Crippen molar-refractivity contribution in [2.24, 2.45) is 0 Å². The van der Waals surface area contributed by atoms with Gasteiger partial charge in [-0.15, -0.1) is 0 Å². The van der Waals surface area contributed by atoms with Gasteiger partial charge in [-0.1, -0.05) is 84.9 Å². The van der Waals surface area contributed by atoms with E-state index >= 15 is 0 Å². The van der Waals surface area contributed by atoms with E-state index in [0.717, 1.165) is 38.8 Å². The van der Waals surface area contributed by atoms with Gasteiger partial charge in [0.2, 0.25) is 0 Å². The third kappa shape index (κ3) is 6.38. The zero-order valence-corrected chi connectivity index (χ0v) is 23.2. The van der Waals surface area contributed by atoms with Gasteiger partial charge >= 0.3 is 0 Å². The van der Waals surface area contributed by atoms with Crippen LogP contribution in [-0.4, -0.2) is 59.0 Å². The molecule has 0 bridgehead atoms. The lowest BCUT2D eigenvalue weighted by atomic mass is 9.82. The van der Waals surface area contributed by atoms with Crippen molar-refractivity contribution in [3.05, 3.63) is 119 Å². The molecule has 0 N–H and O–H groups in total. The monoisotopic (exact) mass is 552 g/mol. The summed E-state index contributed by atoms with van der Waals surface area (Å²) >= 11 is 0. The van der Waals surface area contributed by atoms with Gasteiger partial charge in [0.25, 0.3) is 0 Å². The number of fused-ring (bicyclic) bond motifs is 3. The Kier molecular flexibility index (Phi) is 9.05. The molecule has 2 aliphatic rings. The Bertz CT molecular complexity index is 1380. The topological polar surface area (TPSA) is 55.4 Å². The highest BCUT2D eigenvalue weighted by molar-refractivity contribution is 5.95. The minimum atomic E-state index is -0.765. The molecule has 1 atom stereocenters. The highest BCUT2D eigenvalue weighted by Crippen LogP contribution is 2.46. The molecule has 4 aromatic carbocycles. The first-order chi connectivity index (χ1) is 20.3. The first-order valence-corrected chi connectivity index (χ1v) is 14.3. The zero-order chi connectivity index (χ0) is 27.7. The summed E-state index contributed by atoms with van der Waals surface area (Å²) in [5, 5.41) is 2.29. The SMILES string of the molecule is C1=CC(c2ccccc2)(c2ccccc2)Oc2c(COCC3COCCOCCOCCO3)cc3ccccc3c21. The molecular formula is C35H36O6. The Morgan fingerprint density at radius 2 is 1.34 bits per heavy atom.